The van der Waals surface area contributed by atoms with Crippen LogP contribution < -0.4 is 10.7 Å². The Balaban J connectivity index is 1.90. The predicted octanol–water partition coefficient (Wildman–Crippen LogP) is 3.26. The molecule has 0 fully saturated rings. The molecule has 0 bridgehead atoms. The number of hydrogen-bond acceptors (Lipinski definition) is 3. The van der Waals surface area contributed by atoms with E-state index >= 15 is 0 Å². The molecule has 6 nitrogen and oxygen atoms in total. The van der Waals surface area contributed by atoms with Crippen LogP contribution in [0.2, 0.25) is 0 Å². The molecule has 25 heavy (non-hydrogen) atoms. The lowest BCUT2D eigenvalue weighted by Crippen LogP contribution is -2.16. The molecule has 0 saturated heterocycles. The fraction of sp³-hybridized carbons (Fsp3) is 0.211. The van der Waals surface area contributed by atoms with Crippen LogP contribution in [0, 0.1) is 0 Å². The van der Waals surface area contributed by atoms with Crippen LogP contribution in [0.4, 0.5) is 5.69 Å². The number of amides is 2. The van der Waals surface area contributed by atoms with Crippen molar-refractivity contribution in [3.8, 4) is 0 Å². The average Bonchev–Trinajstić information content (AvgIpc) is 2.93. The topological polar surface area (TPSA) is 75.5 Å². The normalized spacial score (nSPS) is 11.7. The Bertz CT molecular complexity index is 972. The van der Waals surface area contributed by atoms with Crippen molar-refractivity contribution in [1.82, 2.24) is 9.99 Å². The summed E-state index contributed by atoms with van der Waals surface area (Å²) in [6.45, 7) is 4.69. The van der Waals surface area contributed by atoms with E-state index < -0.39 is 0 Å². The smallest absolute Gasteiger partial charge is 0.230 e. The number of carbonyl (C=O) groups excluding carboxylic acids is 2. The summed E-state index contributed by atoms with van der Waals surface area (Å²) in [6.07, 6.45) is 0.592. The Morgan fingerprint density at radius 1 is 1.16 bits per heavy atom. The van der Waals surface area contributed by atoms with Crippen LogP contribution in [0.1, 0.15) is 20.3 Å². The first-order valence-corrected chi connectivity index (χ1v) is 8.17. The SMILES string of the molecule is CCn1c2ccccc2c2cc(NC(=O)CC(C)=NNC=O)ccc21. The van der Waals surface area contributed by atoms with Gasteiger partial charge >= 0.3 is 0 Å². The van der Waals surface area contributed by atoms with Crippen molar-refractivity contribution in [2.24, 2.45) is 5.10 Å². The molecule has 128 valence electrons. The number of nitrogens with zero attached hydrogens (tertiary/aromatic N) is 2. The maximum atomic E-state index is 12.1. The summed E-state index contributed by atoms with van der Waals surface area (Å²) >= 11 is 0. The van der Waals surface area contributed by atoms with Crippen molar-refractivity contribution in [3.63, 3.8) is 0 Å². The molecule has 6 heteroatoms. The zero-order chi connectivity index (χ0) is 17.8. The zero-order valence-corrected chi connectivity index (χ0v) is 14.2. The van der Waals surface area contributed by atoms with Gasteiger partial charge in [0.1, 0.15) is 0 Å². The van der Waals surface area contributed by atoms with Crippen LogP contribution in [0.3, 0.4) is 0 Å². The number of para-hydroxylation sites is 1. The Kier molecular flexibility index (Phi) is 4.79. The summed E-state index contributed by atoms with van der Waals surface area (Å²) in [5.41, 5.74) is 5.81. The van der Waals surface area contributed by atoms with Crippen LogP contribution >= 0.6 is 0 Å². The number of aryl methyl sites for hydroxylation is 1. The molecule has 3 rings (SSSR count). The first-order chi connectivity index (χ1) is 12.1. The van der Waals surface area contributed by atoms with Gasteiger partial charge in [-0.1, -0.05) is 18.2 Å². The second-order valence-corrected chi connectivity index (χ2v) is 5.81. The standard InChI is InChI=1S/C19H20N4O2/c1-3-23-17-7-5-4-6-15(17)16-11-14(8-9-18(16)23)21-19(25)10-13(2)22-20-12-24/h4-9,11-12H,3,10H2,1-2H3,(H,20,24)(H,21,25). The minimum absolute atomic E-state index is 0.121. The summed E-state index contributed by atoms with van der Waals surface area (Å²) in [5, 5.41) is 8.94. The molecule has 0 spiro atoms. The quantitative estimate of drug-likeness (QED) is 0.412. The Morgan fingerprint density at radius 3 is 2.68 bits per heavy atom. The number of aromatic nitrogens is 1. The molecule has 0 radical (unpaired) electrons. The van der Waals surface area contributed by atoms with Gasteiger partial charge in [-0.2, -0.15) is 5.10 Å². The molecule has 3 aromatic rings. The van der Waals surface area contributed by atoms with E-state index in [2.05, 4.69) is 39.5 Å². The Morgan fingerprint density at radius 2 is 1.92 bits per heavy atom. The van der Waals surface area contributed by atoms with Crippen molar-refractivity contribution in [3.05, 3.63) is 42.5 Å². The lowest BCUT2D eigenvalue weighted by atomic mass is 10.1. The van der Waals surface area contributed by atoms with Gasteiger partial charge in [0.05, 0.1) is 6.42 Å². The van der Waals surface area contributed by atoms with Crippen LogP contribution in [-0.2, 0) is 16.1 Å². The molecule has 2 N–H and O–H groups in total. The van der Waals surface area contributed by atoms with E-state index in [4.69, 9.17) is 0 Å². The molecule has 0 aliphatic carbocycles. The summed E-state index contributed by atoms with van der Waals surface area (Å²) in [7, 11) is 0. The molecular weight excluding hydrogens is 316 g/mol. The fourth-order valence-electron chi connectivity index (χ4n) is 3.09. The van der Waals surface area contributed by atoms with Crippen LogP contribution in [0.15, 0.2) is 47.6 Å². The first-order valence-electron chi connectivity index (χ1n) is 8.17. The van der Waals surface area contributed by atoms with E-state index in [0.717, 1.165) is 23.1 Å². The number of benzene rings is 2. The summed E-state index contributed by atoms with van der Waals surface area (Å²) in [6, 6.07) is 14.2. The molecule has 0 unspecified atom stereocenters. The number of anilines is 1. The highest BCUT2D eigenvalue weighted by Gasteiger charge is 2.11. The lowest BCUT2D eigenvalue weighted by molar-refractivity contribution is -0.115. The van der Waals surface area contributed by atoms with Crippen molar-refractivity contribution in [2.45, 2.75) is 26.8 Å². The molecular formula is C19H20N4O2. The highest BCUT2D eigenvalue weighted by molar-refractivity contribution is 6.11. The number of nitrogens with one attached hydrogen (secondary N) is 2. The molecule has 2 amide bonds. The van der Waals surface area contributed by atoms with Gasteiger partial charge in [0.15, 0.2) is 0 Å². The minimum atomic E-state index is -0.174. The Hall–Kier alpha value is -3.15. The van der Waals surface area contributed by atoms with E-state index in [9.17, 15) is 9.59 Å². The fourth-order valence-corrected chi connectivity index (χ4v) is 3.09. The maximum absolute atomic E-state index is 12.1. The maximum Gasteiger partial charge on any atom is 0.230 e. The van der Waals surface area contributed by atoms with Gasteiger partial charge in [-0.05, 0) is 38.1 Å². The van der Waals surface area contributed by atoms with Gasteiger partial charge in [0.2, 0.25) is 12.3 Å². The van der Waals surface area contributed by atoms with Crippen molar-refractivity contribution < 1.29 is 9.59 Å². The highest BCUT2D eigenvalue weighted by Crippen LogP contribution is 2.30. The lowest BCUT2D eigenvalue weighted by Gasteiger charge is -2.06. The largest absolute Gasteiger partial charge is 0.341 e. The van der Waals surface area contributed by atoms with Crippen molar-refractivity contribution in [2.75, 3.05) is 5.32 Å². The molecule has 1 heterocycles. The third-order valence-electron chi connectivity index (χ3n) is 4.10. The van der Waals surface area contributed by atoms with Gasteiger partial charge in [0, 0.05) is 39.7 Å². The zero-order valence-electron chi connectivity index (χ0n) is 14.2. The number of fused-ring (bicyclic) bond motifs is 3. The molecule has 1 aromatic heterocycles. The van der Waals surface area contributed by atoms with Gasteiger partial charge in [-0.3, -0.25) is 9.59 Å². The second kappa shape index (κ2) is 7.17. The van der Waals surface area contributed by atoms with E-state index in [1.165, 1.54) is 10.9 Å². The van der Waals surface area contributed by atoms with Crippen molar-refractivity contribution >= 4 is 45.5 Å². The van der Waals surface area contributed by atoms with Crippen LogP contribution in [0.25, 0.3) is 21.8 Å². The summed E-state index contributed by atoms with van der Waals surface area (Å²) in [5.74, 6) is -0.174. The Labute approximate surface area is 145 Å². The second-order valence-electron chi connectivity index (χ2n) is 5.81. The first kappa shape index (κ1) is 16.7. The van der Waals surface area contributed by atoms with Crippen LogP contribution in [-0.4, -0.2) is 22.6 Å². The molecule has 2 aromatic carbocycles. The predicted molar refractivity (Wildman–Crippen MR) is 101 cm³/mol. The van der Waals surface area contributed by atoms with E-state index in [-0.39, 0.29) is 12.3 Å². The average molecular weight is 336 g/mol. The molecule has 0 aliphatic rings. The van der Waals surface area contributed by atoms with E-state index in [1.54, 1.807) is 6.92 Å². The molecule has 0 atom stereocenters. The van der Waals surface area contributed by atoms with Gasteiger partial charge in [-0.25, -0.2) is 5.43 Å². The van der Waals surface area contributed by atoms with Gasteiger partial charge < -0.3 is 9.88 Å². The minimum Gasteiger partial charge on any atom is -0.341 e. The molecule has 0 aliphatic heterocycles. The van der Waals surface area contributed by atoms with Crippen molar-refractivity contribution in [1.29, 1.82) is 0 Å². The number of carbonyl (C=O) groups is 2. The number of hydrogen-bond donors (Lipinski definition) is 2. The molecule has 0 saturated carbocycles. The third kappa shape index (κ3) is 3.38. The van der Waals surface area contributed by atoms with Gasteiger partial charge in [-0.15, -0.1) is 0 Å². The van der Waals surface area contributed by atoms with E-state index in [0.29, 0.717) is 12.1 Å². The highest BCUT2D eigenvalue weighted by atomic mass is 16.1. The summed E-state index contributed by atoms with van der Waals surface area (Å²) in [4.78, 5) is 22.4. The van der Waals surface area contributed by atoms with Crippen LogP contribution in [0.5, 0.6) is 0 Å². The monoisotopic (exact) mass is 336 g/mol. The van der Waals surface area contributed by atoms with Gasteiger partial charge in [0.25, 0.3) is 0 Å². The summed E-state index contributed by atoms with van der Waals surface area (Å²) < 4.78 is 2.26. The van der Waals surface area contributed by atoms with E-state index in [1.807, 2.05) is 30.3 Å². The number of rotatable bonds is 6. The number of hydrazone groups is 1. The third-order valence-corrected chi connectivity index (χ3v) is 4.10.